The lowest BCUT2D eigenvalue weighted by Gasteiger charge is -2.08. The zero-order valence-corrected chi connectivity index (χ0v) is 11.4. The summed E-state index contributed by atoms with van der Waals surface area (Å²) >= 11 is 0. The first-order valence-corrected chi connectivity index (χ1v) is 6.84. The first-order chi connectivity index (χ1) is 9.67. The molecular weight excluding hydrogens is 248 g/mol. The molecule has 1 aliphatic carbocycles. The molecule has 3 aromatic rings. The van der Waals surface area contributed by atoms with Crippen molar-refractivity contribution in [2.45, 2.75) is 18.4 Å². The Kier molecular flexibility index (Phi) is 2.26. The lowest BCUT2D eigenvalue weighted by Crippen LogP contribution is -2.22. The van der Waals surface area contributed by atoms with E-state index in [1.807, 2.05) is 12.3 Å². The first kappa shape index (κ1) is 11.6. The molecule has 0 bridgehead atoms. The fraction of sp³-hybridized carbons (Fsp3) is 0.250. The summed E-state index contributed by atoms with van der Waals surface area (Å²) in [5.41, 5.74) is 9.20. The highest BCUT2D eigenvalue weighted by Gasteiger charge is 2.43. The van der Waals surface area contributed by atoms with Crippen LogP contribution in [0.25, 0.3) is 22.2 Å². The van der Waals surface area contributed by atoms with E-state index in [2.05, 4.69) is 47.1 Å². The average molecular weight is 264 g/mol. The highest BCUT2D eigenvalue weighted by Crippen LogP contribution is 2.41. The third-order valence-corrected chi connectivity index (χ3v) is 4.06. The fourth-order valence-electron chi connectivity index (χ4n) is 2.65. The molecule has 0 amide bonds. The number of aromatic nitrogens is 3. The van der Waals surface area contributed by atoms with Crippen LogP contribution in [-0.4, -0.2) is 14.5 Å². The van der Waals surface area contributed by atoms with Gasteiger partial charge in [-0.3, -0.25) is 0 Å². The van der Waals surface area contributed by atoms with Gasteiger partial charge in [0.2, 0.25) is 0 Å². The van der Waals surface area contributed by atoms with Gasteiger partial charge in [0.1, 0.15) is 5.82 Å². The number of nitrogens with two attached hydrogens (primary N) is 1. The Hall–Kier alpha value is -2.20. The summed E-state index contributed by atoms with van der Waals surface area (Å²) in [5, 5.41) is 1.21. The van der Waals surface area contributed by atoms with Gasteiger partial charge >= 0.3 is 0 Å². The Morgan fingerprint density at radius 1 is 1.20 bits per heavy atom. The molecule has 0 unspecified atom stereocenters. The third-order valence-electron chi connectivity index (χ3n) is 4.06. The normalized spacial score (nSPS) is 16.5. The lowest BCUT2D eigenvalue weighted by molar-refractivity contribution is 0.673. The van der Waals surface area contributed by atoms with E-state index in [9.17, 15) is 0 Å². The minimum Gasteiger partial charge on any atom is -0.350 e. The molecule has 2 aromatic heterocycles. The Morgan fingerprint density at radius 3 is 2.80 bits per heavy atom. The molecule has 0 saturated heterocycles. The van der Waals surface area contributed by atoms with Crippen LogP contribution < -0.4 is 5.73 Å². The van der Waals surface area contributed by atoms with E-state index in [0.717, 1.165) is 29.9 Å². The van der Waals surface area contributed by atoms with E-state index in [-0.39, 0.29) is 5.54 Å². The first-order valence-electron chi connectivity index (χ1n) is 6.84. The summed E-state index contributed by atoms with van der Waals surface area (Å²) in [6.45, 7) is 0. The van der Waals surface area contributed by atoms with Gasteiger partial charge in [0.05, 0.1) is 11.2 Å². The minimum absolute atomic E-state index is 0.291. The molecule has 2 heterocycles. The van der Waals surface area contributed by atoms with Gasteiger partial charge in [0, 0.05) is 35.9 Å². The van der Waals surface area contributed by atoms with Crippen molar-refractivity contribution in [2.24, 2.45) is 12.8 Å². The van der Waals surface area contributed by atoms with Gasteiger partial charge in [-0.05, 0) is 25.0 Å². The van der Waals surface area contributed by atoms with Crippen molar-refractivity contribution < 1.29 is 0 Å². The molecule has 1 aliphatic rings. The second-order valence-corrected chi connectivity index (χ2v) is 5.59. The van der Waals surface area contributed by atoms with Gasteiger partial charge in [-0.2, -0.15) is 0 Å². The van der Waals surface area contributed by atoms with Crippen LogP contribution in [0, 0.1) is 0 Å². The molecule has 0 atom stereocenters. The quantitative estimate of drug-likeness (QED) is 0.774. The molecule has 20 heavy (non-hydrogen) atoms. The number of para-hydroxylation sites is 1. The Labute approximate surface area is 117 Å². The molecule has 4 nitrogen and oxygen atoms in total. The molecule has 1 fully saturated rings. The van der Waals surface area contributed by atoms with Crippen LogP contribution in [0.5, 0.6) is 0 Å². The maximum Gasteiger partial charge on any atom is 0.148 e. The predicted molar refractivity (Wildman–Crippen MR) is 79.0 cm³/mol. The highest BCUT2D eigenvalue weighted by atomic mass is 15.0. The van der Waals surface area contributed by atoms with Crippen LogP contribution in [-0.2, 0) is 12.6 Å². The lowest BCUT2D eigenvalue weighted by atomic mass is 10.1. The average Bonchev–Trinajstić information content (AvgIpc) is 3.15. The van der Waals surface area contributed by atoms with E-state index in [1.54, 1.807) is 0 Å². The minimum atomic E-state index is -0.291. The van der Waals surface area contributed by atoms with Crippen LogP contribution in [0.1, 0.15) is 18.7 Å². The van der Waals surface area contributed by atoms with E-state index in [1.165, 1.54) is 10.9 Å². The molecule has 0 aliphatic heterocycles. The number of aryl methyl sites for hydroxylation is 1. The van der Waals surface area contributed by atoms with E-state index >= 15 is 0 Å². The molecule has 1 aromatic carbocycles. The summed E-state index contributed by atoms with van der Waals surface area (Å²) in [6.07, 6.45) is 5.89. The van der Waals surface area contributed by atoms with Gasteiger partial charge in [-0.1, -0.05) is 18.2 Å². The summed E-state index contributed by atoms with van der Waals surface area (Å²) in [6, 6.07) is 10.3. The van der Waals surface area contributed by atoms with Gasteiger partial charge in [0.25, 0.3) is 0 Å². The Bertz CT molecular complexity index is 799. The van der Waals surface area contributed by atoms with Crippen molar-refractivity contribution in [1.82, 2.24) is 14.5 Å². The largest absolute Gasteiger partial charge is 0.350 e. The van der Waals surface area contributed by atoms with Crippen LogP contribution in [0.3, 0.4) is 0 Å². The zero-order chi connectivity index (χ0) is 13.7. The maximum atomic E-state index is 6.20. The molecule has 4 rings (SSSR count). The van der Waals surface area contributed by atoms with Gasteiger partial charge < -0.3 is 10.3 Å². The van der Waals surface area contributed by atoms with Crippen molar-refractivity contribution in [3.8, 4) is 11.3 Å². The van der Waals surface area contributed by atoms with Crippen LogP contribution >= 0.6 is 0 Å². The number of fused-ring (bicyclic) bond motifs is 1. The second kappa shape index (κ2) is 3.90. The van der Waals surface area contributed by atoms with Gasteiger partial charge in [-0.15, -0.1) is 0 Å². The zero-order valence-electron chi connectivity index (χ0n) is 11.4. The fourth-order valence-corrected chi connectivity index (χ4v) is 2.65. The number of rotatable bonds is 2. The van der Waals surface area contributed by atoms with Gasteiger partial charge in [0.15, 0.2) is 0 Å². The maximum absolute atomic E-state index is 6.20. The second-order valence-electron chi connectivity index (χ2n) is 5.59. The topological polar surface area (TPSA) is 56.7 Å². The van der Waals surface area contributed by atoms with E-state index in [4.69, 9.17) is 10.7 Å². The van der Waals surface area contributed by atoms with Crippen molar-refractivity contribution in [3.63, 3.8) is 0 Å². The SMILES string of the molecule is Cn1cc(-c2ccnc(C3(N)CC3)n2)c2ccccc21. The van der Waals surface area contributed by atoms with E-state index < -0.39 is 0 Å². The summed E-state index contributed by atoms with van der Waals surface area (Å²) < 4.78 is 2.13. The summed E-state index contributed by atoms with van der Waals surface area (Å²) in [5.74, 6) is 0.767. The summed E-state index contributed by atoms with van der Waals surface area (Å²) in [4.78, 5) is 9.03. The van der Waals surface area contributed by atoms with Crippen LogP contribution in [0.4, 0.5) is 0 Å². The Balaban J connectivity index is 1.91. The van der Waals surface area contributed by atoms with Crippen molar-refractivity contribution >= 4 is 10.9 Å². The van der Waals surface area contributed by atoms with Gasteiger partial charge in [-0.25, -0.2) is 9.97 Å². The van der Waals surface area contributed by atoms with Crippen molar-refractivity contribution in [3.05, 3.63) is 48.5 Å². The van der Waals surface area contributed by atoms with Crippen molar-refractivity contribution in [1.29, 1.82) is 0 Å². The highest BCUT2D eigenvalue weighted by molar-refractivity contribution is 5.95. The monoisotopic (exact) mass is 264 g/mol. The molecular formula is C16H16N4. The molecule has 4 heteroatoms. The van der Waals surface area contributed by atoms with Crippen molar-refractivity contribution in [2.75, 3.05) is 0 Å². The molecule has 100 valence electrons. The van der Waals surface area contributed by atoms with E-state index in [0.29, 0.717) is 0 Å². The van der Waals surface area contributed by atoms with Crippen LogP contribution in [0.15, 0.2) is 42.7 Å². The molecule has 0 radical (unpaired) electrons. The number of nitrogens with zero attached hydrogens (tertiary/aromatic N) is 3. The Morgan fingerprint density at radius 2 is 2.00 bits per heavy atom. The number of benzene rings is 1. The van der Waals surface area contributed by atoms with Crippen LogP contribution in [0.2, 0.25) is 0 Å². The smallest absolute Gasteiger partial charge is 0.148 e. The standard InChI is InChI=1S/C16H16N4/c1-20-10-12(11-4-2-3-5-14(11)20)13-6-9-18-15(19-13)16(17)7-8-16/h2-6,9-10H,7-8,17H2,1H3. The summed E-state index contributed by atoms with van der Waals surface area (Å²) in [7, 11) is 2.05. The molecule has 1 saturated carbocycles. The number of hydrogen-bond acceptors (Lipinski definition) is 3. The number of hydrogen-bond donors (Lipinski definition) is 1. The predicted octanol–water partition coefficient (Wildman–Crippen LogP) is 2.58. The third kappa shape index (κ3) is 1.65. The molecule has 0 spiro atoms. The molecule has 2 N–H and O–H groups in total.